The van der Waals surface area contributed by atoms with Crippen LogP contribution in [0, 0.1) is 12.8 Å². The van der Waals surface area contributed by atoms with Gasteiger partial charge >= 0.3 is 0 Å². The third-order valence-electron chi connectivity index (χ3n) is 2.47. The highest BCUT2D eigenvalue weighted by atomic mass is 32.1. The van der Waals surface area contributed by atoms with Crippen LogP contribution < -0.4 is 10.6 Å². The molecule has 0 unspecified atom stereocenters. The van der Waals surface area contributed by atoms with Crippen LogP contribution in [-0.4, -0.2) is 18.6 Å². The van der Waals surface area contributed by atoms with E-state index >= 15 is 0 Å². The third kappa shape index (κ3) is 3.20. The molecule has 2 N–H and O–H groups in total. The van der Waals surface area contributed by atoms with Crippen molar-refractivity contribution in [1.29, 1.82) is 0 Å². The van der Waals surface area contributed by atoms with Crippen LogP contribution in [0.4, 0.5) is 5.69 Å². The molecule has 16 heavy (non-hydrogen) atoms. The van der Waals surface area contributed by atoms with Crippen LogP contribution >= 0.6 is 12.2 Å². The summed E-state index contributed by atoms with van der Waals surface area (Å²) in [6, 6.07) is 6.18. The lowest BCUT2D eigenvalue weighted by atomic mass is 10.1. The van der Waals surface area contributed by atoms with E-state index in [4.69, 9.17) is 18.0 Å². The first-order chi connectivity index (χ1) is 7.41. The van der Waals surface area contributed by atoms with Gasteiger partial charge in [-0.05, 0) is 30.5 Å². The van der Waals surface area contributed by atoms with Crippen molar-refractivity contribution < 1.29 is 0 Å². The van der Waals surface area contributed by atoms with E-state index in [2.05, 4.69) is 38.8 Å². The maximum atomic E-state index is 5.74. The Kier molecular flexibility index (Phi) is 4.30. The summed E-state index contributed by atoms with van der Waals surface area (Å²) in [6.07, 6.45) is 0. The molecule has 1 aromatic rings. The fraction of sp³-hybridized carbons (Fsp3) is 0.462. The number of benzene rings is 1. The van der Waals surface area contributed by atoms with Gasteiger partial charge in [0.15, 0.2) is 0 Å². The Labute approximate surface area is 103 Å². The van der Waals surface area contributed by atoms with Gasteiger partial charge in [0.2, 0.25) is 0 Å². The number of hydrogen-bond acceptors (Lipinski definition) is 2. The first-order valence-electron chi connectivity index (χ1n) is 5.53. The summed E-state index contributed by atoms with van der Waals surface area (Å²) in [5.74, 6) is 0.615. The Morgan fingerprint density at radius 2 is 2.06 bits per heavy atom. The molecule has 0 radical (unpaired) electrons. The highest BCUT2D eigenvalue weighted by Gasteiger charge is 2.10. The van der Waals surface area contributed by atoms with Crippen LogP contribution in [0.3, 0.4) is 0 Å². The fourth-order valence-corrected chi connectivity index (χ4v) is 1.98. The molecule has 88 valence electrons. The Hall–Kier alpha value is -1.09. The molecule has 2 nitrogen and oxygen atoms in total. The van der Waals surface area contributed by atoms with Crippen LogP contribution in [0.5, 0.6) is 0 Å². The second-order valence-electron chi connectivity index (χ2n) is 4.66. The van der Waals surface area contributed by atoms with E-state index in [-0.39, 0.29) is 0 Å². The summed E-state index contributed by atoms with van der Waals surface area (Å²) in [5.41, 5.74) is 9.05. The predicted octanol–water partition coefficient (Wildman–Crippen LogP) is 2.72. The minimum Gasteiger partial charge on any atom is -0.389 e. The van der Waals surface area contributed by atoms with Crippen LogP contribution in [0.25, 0.3) is 0 Å². The van der Waals surface area contributed by atoms with Gasteiger partial charge in [-0.2, -0.15) is 0 Å². The van der Waals surface area contributed by atoms with Crippen molar-refractivity contribution in [2.24, 2.45) is 11.7 Å². The van der Waals surface area contributed by atoms with Gasteiger partial charge in [0, 0.05) is 24.8 Å². The van der Waals surface area contributed by atoms with Gasteiger partial charge in [0.05, 0.1) is 0 Å². The van der Waals surface area contributed by atoms with Gasteiger partial charge in [0.25, 0.3) is 0 Å². The molecule has 0 atom stereocenters. The average molecular weight is 236 g/mol. The van der Waals surface area contributed by atoms with Gasteiger partial charge in [0.1, 0.15) is 4.99 Å². The molecule has 0 aliphatic rings. The van der Waals surface area contributed by atoms with E-state index in [0.717, 1.165) is 17.8 Å². The van der Waals surface area contributed by atoms with Crippen LogP contribution in [0.2, 0.25) is 0 Å². The van der Waals surface area contributed by atoms with E-state index in [0.29, 0.717) is 10.9 Å². The summed E-state index contributed by atoms with van der Waals surface area (Å²) in [6.45, 7) is 7.48. The molecular formula is C13H20N2S. The molecule has 0 heterocycles. The van der Waals surface area contributed by atoms with Crippen molar-refractivity contribution in [3.63, 3.8) is 0 Å². The number of aryl methyl sites for hydroxylation is 1. The molecule has 0 saturated heterocycles. The molecule has 1 rings (SSSR count). The monoisotopic (exact) mass is 236 g/mol. The second-order valence-corrected chi connectivity index (χ2v) is 5.10. The largest absolute Gasteiger partial charge is 0.389 e. The molecule has 3 heteroatoms. The number of hydrogen-bond donors (Lipinski definition) is 1. The minimum atomic E-state index is 0.464. The van der Waals surface area contributed by atoms with Crippen molar-refractivity contribution in [1.82, 2.24) is 0 Å². The average Bonchev–Trinajstić information content (AvgIpc) is 2.15. The highest BCUT2D eigenvalue weighted by molar-refractivity contribution is 7.80. The highest BCUT2D eigenvalue weighted by Crippen LogP contribution is 2.22. The predicted molar refractivity (Wildman–Crippen MR) is 75.2 cm³/mol. The third-order valence-corrected chi connectivity index (χ3v) is 2.69. The molecule has 0 bridgehead atoms. The normalized spacial score (nSPS) is 10.6. The zero-order valence-corrected chi connectivity index (χ0v) is 11.3. The number of anilines is 1. The first kappa shape index (κ1) is 13.0. The molecule has 0 amide bonds. The minimum absolute atomic E-state index is 0.464. The molecule has 0 fully saturated rings. The maximum absolute atomic E-state index is 5.74. The molecule has 0 aliphatic carbocycles. The second kappa shape index (κ2) is 5.30. The molecule has 0 aromatic heterocycles. The number of nitrogens with zero attached hydrogens (tertiary/aromatic N) is 1. The van der Waals surface area contributed by atoms with Gasteiger partial charge in [-0.3, -0.25) is 0 Å². The Morgan fingerprint density at radius 3 is 2.56 bits per heavy atom. The van der Waals surface area contributed by atoms with Gasteiger partial charge in [-0.1, -0.05) is 32.1 Å². The Morgan fingerprint density at radius 1 is 1.44 bits per heavy atom. The maximum Gasteiger partial charge on any atom is 0.106 e. The van der Waals surface area contributed by atoms with Crippen molar-refractivity contribution >= 4 is 22.9 Å². The van der Waals surface area contributed by atoms with E-state index < -0.39 is 0 Å². The van der Waals surface area contributed by atoms with Gasteiger partial charge in [-0.15, -0.1) is 0 Å². The molecule has 1 aromatic carbocycles. The SMILES string of the molecule is Cc1ccc(C(N)=S)c(N(C)CC(C)C)c1. The molecule has 0 aliphatic heterocycles. The Bertz CT molecular complexity index is 386. The zero-order valence-electron chi connectivity index (χ0n) is 10.4. The lowest BCUT2D eigenvalue weighted by molar-refractivity contribution is 0.638. The number of nitrogens with two attached hydrogens (primary N) is 1. The van der Waals surface area contributed by atoms with E-state index in [9.17, 15) is 0 Å². The van der Waals surface area contributed by atoms with Crippen molar-refractivity contribution in [2.45, 2.75) is 20.8 Å². The van der Waals surface area contributed by atoms with Gasteiger partial charge in [-0.25, -0.2) is 0 Å². The number of rotatable bonds is 4. The van der Waals surface area contributed by atoms with Crippen molar-refractivity contribution in [3.05, 3.63) is 29.3 Å². The van der Waals surface area contributed by atoms with E-state index in [1.54, 1.807) is 0 Å². The van der Waals surface area contributed by atoms with Crippen LogP contribution in [-0.2, 0) is 0 Å². The summed E-state index contributed by atoms with van der Waals surface area (Å²) in [7, 11) is 2.08. The molecular weight excluding hydrogens is 216 g/mol. The van der Waals surface area contributed by atoms with E-state index in [1.807, 2.05) is 12.1 Å². The first-order valence-corrected chi connectivity index (χ1v) is 5.94. The van der Waals surface area contributed by atoms with Crippen LogP contribution in [0.1, 0.15) is 25.0 Å². The quantitative estimate of drug-likeness (QED) is 0.815. The lowest BCUT2D eigenvalue weighted by Crippen LogP contribution is -2.25. The molecule has 0 spiro atoms. The van der Waals surface area contributed by atoms with E-state index in [1.165, 1.54) is 5.56 Å². The standard InChI is InChI=1S/C13H20N2S/c1-9(2)8-15(4)12-7-10(3)5-6-11(12)13(14)16/h5-7,9H,8H2,1-4H3,(H2,14,16). The van der Waals surface area contributed by atoms with Crippen molar-refractivity contribution in [2.75, 3.05) is 18.5 Å². The van der Waals surface area contributed by atoms with Crippen molar-refractivity contribution in [3.8, 4) is 0 Å². The van der Waals surface area contributed by atoms with Gasteiger partial charge < -0.3 is 10.6 Å². The summed E-state index contributed by atoms with van der Waals surface area (Å²) < 4.78 is 0. The topological polar surface area (TPSA) is 29.3 Å². The molecule has 0 saturated carbocycles. The fourth-order valence-electron chi connectivity index (χ4n) is 1.81. The summed E-state index contributed by atoms with van der Waals surface area (Å²) in [4.78, 5) is 2.68. The lowest BCUT2D eigenvalue weighted by Gasteiger charge is -2.24. The van der Waals surface area contributed by atoms with Crippen LogP contribution in [0.15, 0.2) is 18.2 Å². The Balaban J connectivity index is 3.09. The smallest absolute Gasteiger partial charge is 0.106 e. The zero-order chi connectivity index (χ0) is 12.3. The number of thiocarbonyl (C=S) groups is 1. The summed E-state index contributed by atoms with van der Waals surface area (Å²) >= 11 is 5.08. The summed E-state index contributed by atoms with van der Waals surface area (Å²) in [5, 5.41) is 0.